The Bertz CT molecular complexity index is 394. The van der Waals surface area contributed by atoms with Crippen LogP contribution in [0.5, 0.6) is 0 Å². The fourth-order valence-electron chi connectivity index (χ4n) is 0.966. The van der Waals surface area contributed by atoms with Crippen LogP contribution < -0.4 is 0 Å². The van der Waals surface area contributed by atoms with E-state index in [1.165, 1.54) is 18.3 Å². The number of fused-ring (bicyclic) bond motifs is 1. The Morgan fingerprint density at radius 3 is 2.82 bits per heavy atom. The summed E-state index contributed by atoms with van der Waals surface area (Å²) in [7, 11) is 0. The van der Waals surface area contributed by atoms with E-state index in [-0.39, 0.29) is 5.52 Å². The number of halogens is 2. The van der Waals surface area contributed by atoms with Crippen molar-refractivity contribution in [3.63, 3.8) is 0 Å². The molecule has 2 rings (SSSR count). The first-order chi connectivity index (χ1) is 5.29. The van der Waals surface area contributed by atoms with Gasteiger partial charge in [0.15, 0.2) is 11.6 Å². The molecule has 0 fully saturated rings. The topological polar surface area (TPSA) is 17.3 Å². The summed E-state index contributed by atoms with van der Waals surface area (Å²) in [5, 5.41) is 3.58. The Labute approximate surface area is 61.1 Å². The van der Waals surface area contributed by atoms with Crippen LogP contribution in [0, 0.1) is 11.6 Å². The first kappa shape index (κ1) is 6.27. The van der Waals surface area contributed by atoms with Gasteiger partial charge in [-0.25, -0.2) is 13.3 Å². The van der Waals surface area contributed by atoms with E-state index in [1.807, 2.05) is 0 Å². The molecule has 11 heavy (non-hydrogen) atoms. The largest absolute Gasteiger partial charge is 0.235 e. The van der Waals surface area contributed by atoms with Crippen LogP contribution in [-0.2, 0) is 0 Å². The normalized spacial score (nSPS) is 10.7. The molecule has 0 aliphatic heterocycles. The lowest BCUT2D eigenvalue weighted by atomic mass is 10.4. The Morgan fingerprint density at radius 2 is 2.09 bits per heavy atom. The van der Waals surface area contributed by atoms with Crippen LogP contribution in [0.2, 0.25) is 0 Å². The zero-order chi connectivity index (χ0) is 7.84. The molecule has 0 aliphatic carbocycles. The maximum atomic E-state index is 12.8. The summed E-state index contributed by atoms with van der Waals surface area (Å²) in [5.74, 6) is -1.23. The van der Waals surface area contributed by atoms with E-state index in [9.17, 15) is 8.78 Å². The lowest BCUT2D eigenvalue weighted by Gasteiger charge is -1.91. The summed E-state index contributed by atoms with van der Waals surface area (Å²) in [4.78, 5) is 0. The molecular weight excluding hydrogens is 150 g/mol. The molecule has 0 saturated heterocycles. The Balaban J connectivity index is 2.96. The van der Waals surface area contributed by atoms with Crippen molar-refractivity contribution in [2.75, 3.05) is 0 Å². The third-order valence-electron chi connectivity index (χ3n) is 1.45. The molecule has 56 valence electrons. The van der Waals surface area contributed by atoms with E-state index in [2.05, 4.69) is 5.10 Å². The molecule has 0 aromatic carbocycles. The molecule has 0 N–H and O–H groups in total. The van der Waals surface area contributed by atoms with Crippen molar-refractivity contribution in [1.82, 2.24) is 9.61 Å². The molecule has 2 aromatic rings. The highest BCUT2D eigenvalue weighted by Gasteiger charge is 2.06. The lowest BCUT2D eigenvalue weighted by molar-refractivity contribution is 0.603. The van der Waals surface area contributed by atoms with E-state index < -0.39 is 11.6 Å². The fourth-order valence-corrected chi connectivity index (χ4v) is 0.966. The van der Waals surface area contributed by atoms with Gasteiger partial charge in [0.25, 0.3) is 0 Å². The van der Waals surface area contributed by atoms with Gasteiger partial charge in [-0.1, -0.05) is 0 Å². The Kier molecular flexibility index (Phi) is 1.15. The molecule has 0 saturated carbocycles. The monoisotopic (exact) mass is 154 g/mol. The van der Waals surface area contributed by atoms with E-state index in [0.29, 0.717) is 0 Å². The van der Waals surface area contributed by atoms with Crippen molar-refractivity contribution in [1.29, 1.82) is 0 Å². The number of aromatic nitrogens is 2. The van der Waals surface area contributed by atoms with Gasteiger partial charge in [0.1, 0.15) is 5.52 Å². The van der Waals surface area contributed by atoms with E-state index in [1.54, 1.807) is 0 Å². The molecule has 4 heteroatoms. The van der Waals surface area contributed by atoms with Crippen molar-refractivity contribution < 1.29 is 8.78 Å². The number of rotatable bonds is 0. The summed E-state index contributed by atoms with van der Waals surface area (Å²) in [6.07, 6.45) is 2.47. The van der Waals surface area contributed by atoms with Crippen LogP contribution in [0.1, 0.15) is 0 Å². The van der Waals surface area contributed by atoms with Crippen LogP contribution >= 0.6 is 0 Å². The quantitative estimate of drug-likeness (QED) is 0.563. The summed E-state index contributed by atoms with van der Waals surface area (Å²) in [6, 6.07) is 2.66. The average Bonchev–Trinajstić information content (AvgIpc) is 2.34. The molecule has 0 spiro atoms. The van der Waals surface area contributed by atoms with Crippen LogP contribution in [0.25, 0.3) is 5.52 Å². The molecular formula is C7H4F2N2. The lowest BCUT2D eigenvalue weighted by Crippen LogP contribution is -1.88. The van der Waals surface area contributed by atoms with Crippen LogP contribution in [-0.4, -0.2) is 9.61 Å². The van der Waals surface area contributed by atoms with Gasteiger partial charge in [0.2, 0.25) is 0 Å². The number of hydrogen-bond donors (Lipinski definition) is 0. The third-order valence-corrected chi connectivity index (χ3v) is 1.45. The maximum Gasteiger partial charge on any atom is 0.171 e. The Hall–Kier alpha value is -1.45. The van der Waals surface area contributed by atoms with Gasteiger partial charge >= 0.3 is 0 Å². The van der Waals surface area contributed by atoms with E-state index >= 15 is 0 Å². The molecule has 0 atom stereocenters. The highest BCUT2D eigenvalue weighted by Crippen LogP contribution is 2.11. The fraction of sp³-hybridized carbons (Fsp3) is 0. The van der Waals surface area contributed by atoms with Crippen molar-refractivity contribution in [2.45, 2.75) is 0 Å². The van der Waals surface area contributed by atoms with Crippen LogP contribution in [0.15, 0.2) is 24.5 Å². The van der Waals surface area contributed by atoms with Gasteiger partial charge in [-0.2, -0.15) is 5.10 Å². The van der Waals surface area contributed by atoms with Gasteiger partial charge < -0.3 is 0 Å². The van der Waals surface area contributed by atoms with Gasteiger partial charge in [0, 0.05) is 6.20 Å². The second-order valence-corrected chi connectivity index (χ2v) is 2.14. The highest BCUT2D eigenvalue weighted by atomic mass is 19.1. The van der Waals surface area contributed by atoms with Crippen molar-refractivity contribution in [3.8, 4) is 0 Å². The maximum absolute atomic E-state index is 12.8. The predicted octanol–water partition coefficient (Wildman–Crippen LogP) is 1.61. The average molecular weight is 154 g/mol. The molecule has 0 bridgehead atoms. The molecule has 2 nitrogen and oxygen atoms in total. The second-order valence-electron chi connectivity index (χ2n) is 2.14. The van der Waals surface area contributed by atoms with Crippen LogP contribution in [0.3, 0.4) is 0 Å². The summed E-state index contributed by atoms with van der Waals surface area (Å²) in [6.45, 7) is 0. The van der Waals surface area contributed by atoms with Crippen LogP contribution in [0.4, 0.5) is 8.78 Å². The van der Waals surface area contributed by atoms with E-state index in [0.717, 1.165) is 10.7 Å². The van der Waals surface area contributed by atoms with Crippen molar-refractivity contribution in [2.24, 2.45) is 0 Å². The first-order valence-electron chi connectivity index (χ1n) is 3.06. The number of pyridine rings is 1. The minimum absolute atomic E-state index is 0.104. The van der Waals surface area contributed by atoms with E-state index in [4.69, 9.17) is 0 Å². The highest BCUT2D eigenvalue weighted by molar-refractivity contribution is 5.47. The number of hydrogen-bond acceptors (Lipinski definition) is 1. The zero-order valence-corrected chi connectivity index (χ0v) is 5.46. The molecule has 2 heterocycles. The predicted molar refractivity (Wildman–Crippen MR) is 35.1 cm³/mol. The summed E-state index contributed by atoms with van der Waals surface area (Å²) in [5.41, 5.74) is -0.104. The third kappa shape index (κ3) is 0.790. The molecule has 0 amide bonds. The Morgan fingerprint density at radius 1 is 1.27 bits per heavy atom. The molecule has 0 aliphatic rings. The minimum atomic E-state index is -0.636. The van der Waals surface area contributed by atoms with Gasteiger partial charge in [0.05, 0.1) is 6.20 Å². The van der Waals surface area contributed by atoms with Gasteiger partial charge in [-0.05, 0) is 12.1 Å². The van der Waals surface area contributed by atoms with Crippen molar-refractivity contribution >= 4 is 5.52 Å². The second kappa shape index (κ2) is 2.02. The minimum Gasteiger partial charge on any atom is -0.235 e. The zero-order valence-electron chi connectivity index (χ0n) is 5.46. The van der Waals surface area contributed by atoms with Gasteiger partial charge in [-0.15, -0.1) is 0 Å². The first-order valence-corrected chi connectivity index (χ1v) is 3.06. The molecule has 2 aromatic heterocycles. The smallest absolute Gasteiger partial charge is 0.171 e. The molecule has 0 radical (unpaired) electrons. The summed E-state index contributed by atoms with van der Waals surface area (Å²) >= 11 is 0. The number of nitrogens with zero attached hydrogens (tertiary/aromatic N) is 2. The standard InChI is InChI=1S/C7H4F2N2/c8-5-2-1-3-11-7(5)6(9)4-10-11/h1-4H. The van der Waals surface area contributed by atoms with Crippen molar-refractivity contribution in [3.05, 3.63) is 36.2 Å². The summed E-state index contributed by atoms with van der Waals surface area (Å²) < 4.78 is 26.6. The molecule has 0 unspecified atom stereocenters. The van der Waals surface area contributed by atoms with Gasteiger partial charge in [-0.3, -0.25) is 0 Å². The SMILES string of the molecule is Fc1cccn2ncc(F)c12.